The summed E-state index contributed by atoms with van der Waals surface area (Å²) >= 11 is 0. The molecule has 0 bridgehead atoms. The van der Waals surface area contributed by atoms with E-state index in [1.807, 2.05) is 0 Å². The lowest BCUT2D eigenvalue weighted by molar-refractivity contribution is -0.142. The van der Waals surface area contributed by atoms with Crippen molar-refractivity contribution in [3.63, 3.8) is 0 Å². The lowest BCUT2D eigenvalue weighted by Gasteiger charge is -2.14. The van der Waals surface area contributed by atoms with Crippen molar-refractivity contribution in [2.75, 3.05) is 13.2 Å². The number of aliphatic carboxylic acids is 1. The van der Waals surface area contributed by atoms with Gasteiger partial charge in [-0.2, -0.15) is 0 Å². The van der Waals surface area contributed by atoms with Crippen molar-refractivity contribution in [2.45, 2.75) is 44.6 Å². The van der Waals surface area contributed by atoms with Gasteiger partial charge in [0.2, 0.25) is 11.8 Å². The Morgan fingerprint density at radius 3 is 2.40 bits per heavy atom. The van der Waals surface area contributed by atoms with Gasteiger partial charge in [0.1, 0.15) is 6.04 Å². The first kappa shape index (κ1) is 16.4. The van der Waals surface area contributed by atoms with Gasteiger partial charge in [-0.15, -0.1) is 0 Å². The third-order valence-corrected chi connectivity index (χ3v) is 3.43. The SMILES string of the molecule is O=C(CCNC(=O)C1CCCC1)N[C@@H](CCO)C(=O)O. The number of hydrogen-bond acceptors (Lipinski definition) is 4. The number of aliphatic hydroxyl groups excluding tert-OH is 1. The molecule has 1 aliphatic carbocycles. The smallest absolute Gasteiger partial charge is 0.326 e. The van der Waals surface area contributed by atoms with Crippen LogP contribution in [0.25, 0.3) is 0 Å². The van der Waals surface area contributed by atoms with Crippen LogP contribution in [0.3, 0.4) is 0 Å². The predicted octanol–water partition coefficient (Wildman–Crippen LogP) is -0.365. The Labute approximate surface area is 117 Å². The minimum Gasteiger partial charge on any atom is -0.480 e. The molecule has 7 nitrogen and oxygen atoms in total. The summed E-state index contributed by atoms with van der Waals surface area (Å²) in [6, 6.07) is -1.09. The van der Waals surface area contributed by atoms with Crippen LogP contribution in [0.4, 0.5) is 0 Å². The number of aliphatic hydroxyl groups is 1. The van der Waals surface area contributed by atoms with Crippen LogP contribution in [0.2, 0.25) is 0 Å². The molecule has 4 N–H and O–H groups in total. The molecule has 0 aliphatic heterocycles. The molecule has 0 radical (unpaired) electrons. The van der Waals surface area contributed by atoms with E-state index in [9.17, 15) is 14.4 Å². The first-order chi connectivity index (χ1) is 9.54. The number of rotatable bonds is 8. The average molecular weight is 286 g/mol. The second-order valence-electron chi connectivity index (χ2n) is 4.99. The van der Waals surface area contributed by atoms with E-state index in [0.717, 1.165) is 25.7 Å². The molecule has 1 fully saturated rings. The van der Waals surface area contributed by atoms with Gasteiger partial charge in [0.15, 0.2) is 0 Å². The summed E-state index contributed by atoms with van der Waals surface area (Å²) in [4.78, 5) is 34.0. The van der Waals surface area contributed by atoms with Crippen LogP contribution in [0, 0.1) is 5.92 Å². The Balaban J connectivity index is 2.21. The van der Waals surface area contributed by atoms with Gasteiger partial charge < -0.3 is 20.8 Å². The molecule has 1 saturated carbocycles. The van der Waals surface area contributed by atoms with E-state index in [-0.39, 0.29) is 37.8 Å². The van der Waals surface area contributed by atoms with Crippen molar-refractivity contribution in [1.82, 2.24) is 10.6 Å². The van der Waals surface area contributed by atoms with Crippen molar-refractivity contribution in [1.29, 1.82) is 0 Å². The van der Waals surface area contributed by atoms with Gasteiger partial charge in [0.05, 0.1) is 0 Å². The fraction of sp³-hybridized carbons (Fsp3) is 0.769. The number of amides is 2. The van der Waals surface area contributed by atoms with Gasteiger partial charge in [-0.05, 0) is 12.8 Å². The largest absolute Gasteiger partial charge is 0.480 e. The van der Waals surface area contributed by atoms with Gasteiger partial charge in [-0.3, -0.25) is 9.59 Å². The molecule has 2 amide bonds. The average Bonchev–Trinajstić information content (AvgIpc) is 2.91. The summed E-state index contributed by atoms with van der Waals surface area (Å²) in [5, 5.41) is 22.5. The van der Waals surface area contributed by atoms with Crippen LogP contribution in [0.5, 0.6) is 0 Å². The standard InChI is InChI=1S/C13H22N2O5/c16-8-6-10(13(19)20)15-11(17)5-7-14-12(18)9-3-1-2-4-9/h9-10,16H,1-8H2,(H,14,18)(H,15,17)(H,19,20)/t10-/m0/s1. The highest BCUT2D eigenvalue weighted by Crippen LogP contribution is 2.24. The third-order valence-electron chi connectivity index (χ3n) is 3.43. The number of carboxylic acids is 1. The number of carbonyl (C=O) groups excluding carboxylic acids is 2. The molecule has 0 aromatic heterocycles. The van der Waals surface area contributed by atoms with Gasteiger partial charge in [0, 0.05) is 31.9 Å². The van der Waals surface area contributed by atoms with Crippen LogP contribution in [0.15, 0.2) is 0 Å². The molecule has 20 heavy (non-hydrogen) atoms. The van der Waals surface area contributed by atoms with Gasteiger partial charge in [-0.1, -0.05) is 12.8 Å². The Kier molecular flexibility index (Phi) is 7.00. The van der Waals surface area contributed by atoms with E-state index in [4.69, 9.17) is 10.2 Å². The predicted molar refractivity (Wildman–Crippen MR) is 70.9 cm³/mol. The zero-order chi connectivity index (χ0) is 15.0. The summed E-state index contributed by atoms with van der Waals surface area (Å²) in [6.07, 6.45) is 3.94. The molecule has 0 unspecified atom stereocenters. The Bertz CT molecular complexity index is 353. The van der Waals surface area contributed by atoms with Gasteiger partial charge in [-0.25, -0.2) is 4.79 Å². The monoisotopic (exact) mass is 286 g/mol. The Hall–Kier alpha value is -1.63. The van der Waals surface area contributed by atoms with Crippen molar-refractivity contribution >= 4 is 17.8 Å². The second kappa shape index (κ2) is 8.52. The maximum Gasteiger partial charge on any atom is 0.326 e. The number of carbonyl (C=O) groups is 3. The van der Waals surface area contributed by atoms with E-state index in [1.165, 1.54) is 0 Å². The normalized spacial score (nSPS) is 16.6. The minimum absolute atomic E-state index is 0.0274. The Morgan fingerprint density at radius 1 is 1.20 bits per heavy atom. The number of hydrogen-bond donors (Lipinski definition) is 4. The molecule has 1 aliphatic rings. The molecular formula is C13H22N2O5. The molecule has 0 aromatic rings. The lowest BCUT2D eigenvalue weighted by atomic mass is 10.1. The lowest BCUT2D eigenvalue weighted by Crippen LogP contribution is -2.42. The summed E-state index contributed by atoms with van der Waals surface area (Å²) in [5.74, 6) is -1.60. The van der Waals surface area contributed by atoms with Crippen LogP contribution < -0.4 is 10.6 Å². The van der Waals surface area contributed by atoms with E-state index in [2.05, 4.69) is 10.6 Å². The van der Waals surface area contributed by atoms with Crippen LogP contribution in [-0.4, -0.2) is 47.2 Å². The topological polar surface area (TPSA) is 116 Å². The molecule has 1 atom stereocenters. The highest BCUT2D eigenvalue weighted by molar-refractivity contribution is 5.84. The third kappa shape index (κ3) is 5.56. The molecule has 0 saturated heterocycles. The van der Waals surface area contributed by atoms with Crippen LogP contribution in [-0.2, 0) is 14.4 Å². The first-order valence-electron chi connectivity index (χ1n) is 6.95. The van der Waals surface area contributed by atoms with Crippen molar-refractivity contribution < 1.29 is 24.6 Å². The number of nitrogens with one attached hydrogen (secondary N) is 2. The second-order valence-corrected chi connectivity index (χ2v) is 4.99. The summed E-state index contributed by atoms with van der Waals surface area (Å²) < 4.78 is 0. The van der Waals surface area contributed by atoms with Gasteiger partial charge in [0.25, 0.3) is 0 Å². The maximum absolute atomic E-state index is 11.7. The first-order valence-corrected chi connectivity index (χ1v) is 6.95. The summed E-state index contributed by atoms with van der Waals surface area (Å²) in [6.45, 7) is -0.109. The van der Waals surface area contributed by atoms with Crippen molar-refractivity contribution in [3.8, 4) is 0 Å². The molecule has 0 spiro atoms. The van der Waals surface area contributed by atoms with E-state index < -0.39 is 17.9 Å². The molecule has 0 aromatic carbocycles. The zero-order valence-corrected chi connectivity index (χ0v) is 11.4. The minimum atomic E-state index is -1.18. The molecule has 7 heteroatoms. The van der Waals surface area contributed by atoms with E-state index in [0.29, 0.717) is 0 Å². The highest BCUT2D eigenvalue weighted by Gasteiger charge is 2.23. The number of carboxylic acid groups (broad SMARTS) is 1. The Morgan fingerprint density at radius 2 is 1.85 bits per heavy atom. The van der Waals surface area contributed by atoms with Gasteiger partial charge >= 0.3 is 5.97 Å². The molecule has 114 valence electrons. The van der Waals surface area contributed by atoms with Crippen LogP contribution in [0.1, 0.15) is 38.5 Å². The van der Waals surface area contributed by atoms with E-state index in [1.54, 1.807) is 0 Å². The van der Waals surface area contributed by atoms with Crippen molar-refractivity contribution in [3.05, 3.63) is 0 Å². The summed E-state index contributed by atoms with van der Waals surface area (Å²) in [5.41, 5.74) is 0. The highest BCUT2D eigenvalue weighted by atomic mass is 16.4. The maximum atomic E-state index is 11.7. The molecule has 0 heterocycles. The fourth-order valence-corrected chi connectivity index (χ4v) is 2.28. The quantitative estimate of drug-likeness (QED) is 0.486. The van der Waals surface area contributed by atoms with Crippen molar-refractivity contribution in [2.24, 2.45) is 5.92 Å². The summed E-state index contributed by atoms with van der Waals surface area (Å²) in [7, 11) is 0. The zero-order valence-electron chi connectivity index (χ0n) is 11.4. The van der Waals surface area contributed by atoms with Crippen LogP contribution >= 0.6 is 0 Å². The molecular weight excluding hydrogens is 264 g/mol. The fourth-order valence-electron chi connectivity index (χ4n) is 2.28. The molecule has 1 rings (SSSR count). The van der Waals surface area contributed by atoms with E-state index >= 15 is 0 Å².